The third-order valence-electron chi connectivity index (χ3n) is 3.52. The van der Waals surface area contributed by atoms with Gasteiger partial charge in [0.25, 0.3) is 0 Å². The Bertz CT molecular complexity index is 438. The number of thiazole rings is 1. The maximum atomic E-state index is 9.15. The molecular weight excluding hydrogens is 244 g/mol. The van der Waals surface area contributed by atoms with Gasteiger partial charge in [-0.25, -0.2) is 4.98 Å². The van der Waals surface area contributed by atoms with Gasteiger partial charge in [-0.15, -0.1) is 11.3 Å². The Morgan fingerprint density at radius 1 is 1.39 bits per heavy atom. The van der Waals surface area contributed by atoms with Crippen molar-refractivity contribution in [3.8, 4) is 6.07 Å². The monoisotopic (exact) mass is 264 g/mol. The molecule has 0 bridgehead atoms. The molecule has 1 aliphatic rings. The molecule has 1 fully saturated rings. The number of anilines is 1. The number of rotatable bonds is 3. The van der Waals surface area contributed by atoms with Crippen LogP contribution >= 0.6 is 11.3 Å². The van der Waals surface area contributed by atoms with Crippen molar-refractivity contribution in [3.05, 3.63) is 11.1 Å². The van der Waals surface area contributed by atoms with Gasteiger partial charge in [-0.3, -0.25) is 4.90 Å². The lowest BCUT2D eigenvalue weighted by molar-refractivity contribution is 0.158. The van der Waals surface area contributed by atoms with Gasteiger partial charge in [-0.1, -0.05) is 6.92 Å². The maximum Gasteiger partial charge on any atom is 0.185 e. The molecule has 1 saturated heterocycles. The van der Waals surface area contributed by atoms with E-state index in [1.54, 1.807) is 11.3 Å². The molecule has 1 aliphatic heterocycles. The third kappa shape index (κ3) is 2.65. The molecule has 0 amide bonds. The largest absolute Gasteiger partial charge is 0.346 e. The number of hydrogen-bond acceptors (Lipinski definition) is 5. The summed E-state index contributed by atoms with van der Waals surface area (Å²) in [6, 6.07) is 2.37. The van der Waals surface area contributed by atoms with Gasteiger partial charge in [0.15, 0.2) is 5.13 Å². The van der Waals surface area contributed by atoms with Crippen LogP contribution in [0, 0.1) is 11.3 Å². The zero-order chi connectivity index (χ0) is 13.2. The summed E-state index contributed by atoms with van der Waals surface area (Å²) in [5.41, 5.74) is 0.818. The number of piperazine rings is 1. The number of nitriles is 1. The quantitative estimate of drug-likeness (QED) is 0.839. The average molecular weight is 264 g/mol. The minimum absolute atomic E-state index is 0.358. The van der Waals surface area contributed by atoms with Gasteiger partial charge >= 0.3 is 0 Å². The Labute approximate surface area is 113 Å². The molecule has 0 aromatic carbocycles. The summed E-state index contributed by atoms with van der Waals surface area (Å²) in [4.78, 5) is 9.20. The van der Waals surface area contributed by atoms with Gasteiger partial charge in [-0.05, 0) is 20.3 Å². The van der Waals surface area contributed by atoms with E-state index >= 15 is 0 Å². The molecule has 18 heavy (non-hydrogen) atoms. The molecule has 0 atom stereocenters. The lowest BCUT2D eigenvalue weighted by Crippen LogP contribution is -2.54. The van der Waals surface area contributed by atoms with Crippen molar-refractivity contribution in [3.63, 3.8) is 0 Å². The van der Waals surface area contributed by atoms with Gasteiger partial charge in [0.2, 0.25) is 0 Å². The second-order valence-electron chi connectivity index (χ2n) is 5.12. The van der Waals surface area contributed by atoms with Crippen LogP contribution in [0.5, 0.6) is 0 Å². The van der Waals surface area contributed by atoms with E-state index in [0.29, 0.717) is 0 Å². The first-order chi connectivity index (χ1) is 8.56. The van der Waals surface area contributed by atoms with E-state index in [9.17, 15) is 0 Å². The van der Waals surface area contributed by atoms with Crippen LogP contribution in [-0.4, -0.2) is 41.6 Å². The summed E-state index contributed by atoms with van der Waals surface area (Å²) in [5, 5.41) is 12.4. The fourth-order valence-corrected chi connectivity index (χ4v) is 3.09. The molecule has 0 radical (unpaired) electrons. The van der Waals surface area contributed by atoms with Gasteiger partial charge in [0, 0.05) is 31.6 Å². The summed E-state index contributed by atoms with van der Waals surface area (Å²) >= 11 is 1.73. The lowest BCUT2D eigenvalue weighted by Gasteiger charge is -2.40. The summed E-state index contributed by atoms with van der Waals surface area (Å²) in [6.07, 6.45) is 0.998. The van der Waals surface area contributed by atoms with Gasteiger partial charge in [-0.2, -0.15) is 5.26 Å². The summed E-state index contributed by atoms with van der Waals surface area (Å²) in [5.74, 6) is 0. The minimum atomic E-state index is -0.358. The van der Waals surface area contributed by atoms with E-state index in [-0.39, 0.29) is 5.54 Å². The van der Waals surface area contributed by atoms with Crippen molar-refractivity contribution >= 4 is 16.5 Å². The molecule has 0 spiro atoms. The molecule has 98 valence electrons. The van der Waals surface area contributed by atoms with Crippen molar-refractivity contribution in [2.45, 2.75) is 32.7 Å². The van der Waals surface area contributed by atoms with Crippen molar-refractivity contribution < 1.29 is 0 Å². The van der Waals surface area contributed by atoms with Crippen molar-refractivity contribution in [1.29, 1.82) is 5.26 Å². The van der Waals surface area contributed by atoms with Crippen molar-refractivity contribution in [2.24, 2.45) is 0 Å². The number of aryl methyl sites for hydroxylation is 1. The average Bonchev–Trinajstić information content (AvgIpc) is 2.87. The zero-order valence-corrected chi connectivity index (χ0v) is 12.1. The predicted molar refractivity (Wildman–Crippen MR) is 75.0 cm³/mol. The van der Waals surface area contributed by atoms with Crippen LogP contribution in [0.1, 0.15) is 26.5 Å². The predicted octanol–water partition coefficient (Wildman–Crippen LogP) is 2.13. The smallest absolute Gasteiger partial charge is 0.185 e. The van der Waals surface area contributed by atoms with Crippen LogP contribution in [0.25, 0.3) is 0 Å². The van der Waals surface area contributed by atoms with Gasteiger partial charge in [0.05, 0.1) is 11.8 Å². The third-order valence-corrected chi connectivity index (χ3v) is 4.47. The first kappa shape index (κ1) is 13.3. The van der Waals surface area contributed by atoms with E-state index in [1.165, 1.54) is 5.69 Å². The normalized spacial score (nSPS) is 17.8. The first-order valence-electron chi connectivity index (χ1n) is 6.42. The number of hydrogen-bond donors (Lipinski definition) is 0. The van der Waals surface area contributed by atoms with E-state index < -0.39 is 0 Å². The molecule has 2 heterocycles. The van der Waals surface area contributed by atoms with Crippen LogP contribution in [-0.2, 0) is 6.42 Å². The van der Waals surface area contributed by atoms with Gasteiger partial charge in [0.1, 0.15) is 5.54 Å². The van der Waals surface area contributed by atoms with Crippen molar-refractivity contribution in [1.82, 2.24) is 9.88 Å². The van der Waals surface area contributed by atoms with Crippen LogP contribution in [0.15, 0.2) is 5.38 Å². The molecular formula is C13H20N4S. The second kappa shape index (κ2) is 5.25. The molecule has 5 heteroatoms. The van der Waals surface area contributed by atoms with Crippen LogP contribution in [0.2, 0.25) is 0 Å². The van der Waals surface area contributed by atoms with E-state index in [0.717, 1.165) is 37.7 Å². The Morgan fingerprint density at radius 3 is 2.56 bits per heavy atom. The molecule has 0 N–H and O–H groups in total. The molecule has 0 unspecified atom stereocenters. The van der Waals surface area contributed by atoms with E-state index in [1.807, 2.05) is 13.8 Å². The maximum absolute atomic E-state index is 9.15. The Morgan fingerprint density at radius 2 is 2.06 bits per heavy atom. The van der Waals surface area contributed by atoms with Crippen molar-refractivity contribution in [2.75, 3.05) is 31.1 Å². The SMILES string of the molecule is CCc1csc(N2CCN(C(C)(C)C#N)CC2)n1. The highest BCUT2D eigenvalue weighted by Gasteiger charge is 2.30. The Balaban J connectivity index is 1.97. The molecule has 0 aliphatic carbocycles. The first-order valence-corrected chi connectivity index (χ1v) is 7.30. The zero-order valence-electron chi connectivity index (χ0n) is 11.3. The topological polar surface area (TPSA) is 43.2 Å². The second-order valence-corrected chi connectivity index (χ2v) is 5.96. The Hall–Kier alpha value is -1.12. The molecule has 4 nitrogen and oxygen atoms in total. The van der Waals surface area contributed by atoms with E-state index in [2.05, 4.69) is 33.2 Å². The molecule has 1 aromatic rings. The van der Waals surface area contributed by atoms with Gasteiger partial charge < -0.3 is 4.90 Å². The van der Waals surface area contributed by atoms with Crippen LogP contribution in [0.4, 0.5) is 5.13 Å². The molecule has 0 saturated carbocycles. The highest BCUT2D eigenvalue weighted by Crippen LogP contribution is 2.24. The summed E-state index contributed by atoms with van der Waals surface area (Å²) in [7, 11) is 0. The molecule has 2 rings (SSSR count). The summed E-state index contributed by atoms with van der Waals surface area (Å²) in [6.45, 7) is 9.89. The summed E-state index contributed by atoms with van der Waals surface area (Å²) < 4.78 is 0. The highest BCUT2D eigenvalue weighted by molar-refractivity contribution is 7.13. The van der Waals surface area contributed by atoms with Crippen LogP contribution < -0.4 is 4.90 Å². The standard InChI is InChI=1S/C13H20N4S/c1-4-11-9-18-12(15-11)16-5-7-17(8-6-16)13(2,3)10-14/h9H,4-8H2,1-3H3. The number of aromatic nitrogens is 1. The minimum Gasteiger partial charge on any atom is -0.346 e. The molecule has 1 aromatic heterocycles. The Kier molecular flexibility index (Phi) is 3.88. The van der Waals surface area contributed by atoms with E-state index in [4.69, 9.17) is 5.26 Å². The number of nitrogens with zero attached hydrogens (tertiary/aromatic N) is 4. The highest BCUT2D eigenvalue weighted by atomic mass is 32.1. The fraction of sp³-hybridized carbons (Fsp3) is 0.692. The fourth-order valence-electron chi connectivity index (χ4n) is 2.13. The van der Waals surface area contributed by atoms with Crippen LogP contribution in [0.3, 0.4) is 0 Å². The lowest BCUT2D eigenvalue weighted by atomic mass is 10.0.